The van der Waals surface area contributed by atoms with Crippen molar-refractivity contribution in [2.45, 2.75) is 31.2 Å². The van der Waals surface area contributed by atoms with Gasteiger partial charge in [-0.25, -0.2) is 0 Å². The number of Topliss-reactive ketones (excluding diaryl/α,β-unsaturated/α-hetero) is 2. The van der Waals surface area contributed by atoms with Crippen molar-refractivity contribution in [2.75, 3.05) is 19.3 Å². The first-order valence-electron chi connectivity index (χ1n) is 8.56. The zero-order chi connectivity index (χ0) is 17.8. The van der Waals surface area contributed by atoms with E-state index >= 15 is 0 Å². The zero-order valence-electron chi connectivity index (χ0n) is 14.7. The molecule has 3 rings (SSSR count). The summed E-state index contributed by atoms with van der Waals surface area (Å²) in [7, 11) is 0. The lowest BCUT2D eigenvalue weighted by atomic mass is 9.90. The second-order valence-electron chi connectivity index (χ2n) is 6.54. The fraction of sp³-hybridized carbons (Fsp3) is 0.400. The molecule has 1 aromatic heterocycles. The summed E-state index contributed by atoms with van der Waals surface area (Å²) in [6.07, 6.45) is 4.04. The molecule has 0 radical (unpaired) electrons. The molecular formula is C20H23NO2S2. The summed E-state index contributed by atoms with van der Waals surface area (Å²) in [6.45, 7) is 4.24. The van der Waals surface area contributed by atoms with Gasteiger partial charge in [0.1, 0.15) is 0 Å². The summed E-state index contributed by atoms with van der Waals surface area (Å²) in [4.78, 5) is 28.6. The quantitative estimate of drug-likeness (QED) is 0.540. The van der Waals surface area contributed by atoms with Gasteiger partial charge < -0.3 is 0 Å². The molecule has 1 atom stereocenters. The summed E-state index contributed by atoms with van der Waals surface area (Å²) in [5, 5.41) is 2.06. The smallest absolute Gasteiger partial charge is 0.169 e. The van der Waals surface area contributed by atoms with Crippen LogP contribution in [-0.4, -0.2) is 35.8 Å². The monoisotopic (exact) mass is 373 g/mol. The number of ketones is 2. The van der Waals surface area contributed by atoms with E-state index in [9.17, 15) is 9.59 Å². The van der Waals surface area contributed by atoms with Crippen molar-refractivity contribution in [1.29, 1.82) is 0 Å². The number of thioether (sulfide) groups is 1. The first kappa shape index (κ1) is 18.4. The van der Waals surface area contributed by atoms with Gasteiger partial charge in [0.15, 0.2) is 11.6 Å². The van der Waals surface area contributed by atoms with Crippen LogP contribution in [0, 0.1) is 5.92 Å². The minimum absolute atomic E-state index is 0.0693. The lowest BCUT2D eigenvalue weighted by Gasteiger charge is -2.31. The van der Waals surface area contributed by atoms with Crippen LogP contribution in [0.3, 0.4) is 0 Å². The Labute approximate surface area is 157 Å². The summed E-state index contributed by atoms with van der Waals surface area (Å²) in [6, 6.07) is 9.93. The number of rotatable bonds is 6. The molecule has 0 saturated carbocycles. The van der Waals surface area contributed by atoms with Gasteiger partial charge in [0, 0.05) is 29.5 Å². The number of nitrogens with zero attached hydrogens (tertiary/aromatic N) is 1. The van der Waals surface area contributed by atoms with E-state index < -0.39 is 0 Å². The Hall–Kier alpha value is -1.43. The Morgan fingerprint density at radius 2 is 2.04 bits per heavy atom. The molecule has 1 aliphatic rings. The van der Waals surface area contributed by atoms with Gasteiger partial charge in [-0.1, -0.05) is 12.1 Å². The molecule has 5 heteroatoms. The molecule has 2 aromatic rings. The van der Waals surface area contributed by atoms with Crippen LogP contribution in [0.25, 0.3) is 0 Å². The van der Waals surface area contributed by atoms with E-state index in [1.807, 2.05) is 36.6 Å². The molecule has 0 spiro atoms. The van der Waals surface area contributed by atoms with Gasteiger partial charge >= 0.3 is 0 Å². The summed E-state index contributed by atoms with van der Waals surface area (Å²) in [5.41, 5.74) is 1.99. The van der Waals surface area contributed by atoms with Gasteiger partial charge in [0.05, 0.1) is 4.88 Å². The van der Waals surface area contributed by atoms with Gasteiger partial charge in [0.25, 0.3) is 0 Å². The maximum absolute atomic E-state index is 12.8. The molecule has 1 aliphatic heterocycles. The molecule has 0 N–H and O–H groups in total. The number of thiophene rings is 1. The van der Waals surface area contributed by atoms with Crippen LogP contribution < -0.4 is 0 Å². The minimum atomic E-state index is 0.0693. The van der Waals surface area contributed by atoms with Gasteiger partial charge in [-0.2, -0.15) is 0 Å². The number of carbonyl (C=O) groups excluding carboxylic acids is 2. The van der Waals surface area contributed by atoms with E-state index in [0.29, 0.717) is 0 Å². The Kier molecular flexibility index (Phi) is 6.10. The Morgan fingerprint density at radius 3 is 2.68 bits per heavy atom. The molecule has 0 amide bonds. The number of hydrogen-bond acceptors (Lipinski definition) is 5. The van der Waals surface area contributed by atoms with Crippen LogP contribution in [-0.2, 0) is 6.54 Å². The maximum Gasteiger partial charge on any atom is 0.169 e. The van der Waals surface area contributed by atoms with Crippen molar-refractivity contribution in [2.24, 2.45) is 5.92 Å². The van der Waals surface area contributed by atoms with E-state index in [0.717, 1.165) is 42.9 Å². The highest BCUT2D eigenvalue weighted by molar-refractivity contribution is 7.98. The second-order valence-corrected chi connectivity index (χ2v) is 8.33. The number of hydrogen-bond donors (Lipinski definition) is 0. The number of piperidine rings is 1. The fourth-order valence-electron chi connectivity index (χ4n) is 3.31. The highest BCUT2D eigenvalue weighted by atomic mass is 32.2. The number of benzene rings is 1. The third kappa shape index (κ3) is 4.60. The van der Waals surface area contributed by atoms with E-state index in [1.54, 1.807) is 18.7 Å². The Morgan fingerprint density at radius 1 is 1.28 bits per heavy atom. The highest BCUT2D eigenvalue weighted by Gasteiger charge is 2.26. The van der Waals surface area contributed by atoms with Gasteiger partial charge in [-0.15, -0.1) is 23.1 Å². The van der Waals surface area contributed by atoms with Crippen LogP contribution in [0.4, 0.5) is 0 Å². The van der Waals surface area contributed by atoms with E-state index in [1.165, 1.54) is 21.8 Å². The molecule has 0 aliphatic carbocycles. The molecule has 1 saturated heterocycles. The van der Waals surface area contributed by atoms with E-state index in [-0.39, 0.29) is 17.5 Å². The van der Waals surface area contributed by atoms with Crippen LogP contribution in [0.1, 0.15) is 45.4 Å². The average Bonchev–Trinajstić information content (AvgIpc) is 3.10. The van der Waals surface area contributed by atoms with Crippen LogP contribution in [0.2, 0.25) is 0 Å². The molecule has 1 unspecified atom stereocenters. The van der Waals surface area contributed by atoms with Crippen molar-refractivity contribution in [1.82, 2.24) is 4.90 Å². The molecule has 3 nitrogen and oxygen atoms in total. The molecule has 25 heavy (non-hydrogen) atoms. The summed E-state index contributed by atoms with van der Waals surface area (Å²) < 4.78 is 0. The SMILES string of the molecule is CSc1ccc(C(=O)C2CCCN(Cc3csc(C(C)=O)c3)C2)cc1. The molecule has 132 valence electrons. The molecule has 0 bridgehead atoms. The fourth-order valence-corrected chi connectivity index (χ4v) is 4.52. The number of carbonyl (C=O) groups is 2. The van der Waals surface area contributed by atoms with E-state index in [4.69, 9.17) is 0 Å². The standard InChI is InChI=1S/C20H23NO2S2/c1-14(22)19-10-15(13-25-19)11-21-9-3-4-17(12-21)20(23)16-5-7-18(24-2)8-6-16/h5-8,10,13,17H,3-4,9,11-12H2,1-2H3. The lowest BCUT2D eigenvalue weighted by molar-refractivity contribution is 0.0811. The summed E-state index contributed by atoms with van der Waals surface area (Å²) >= 11 is 3.20. The van der Waals surface area contributed by atoms with Crippen molar-refractivity contribution in [3.63, 3.8) is 0 Å². The van der Waals surface area contributed by atoms with Crippen molar-refractivity contribution >= 4 is 34.7 Å². The Bertz CT molecular complexity index is 751. The van der Waals surface area contributed by atoms with Gasteiger partial charge in [-0.3, -0.25) is 14.5 Å². The van der Waals surface area contributed by atoms with Crippen molar-refractivity contribution < 1.29 is 9.59 Å². The first-order valence-corrected chi connectivity index (χ1v) is 10.7. The molecule has 2 heterocycles. The normalized spacial score (nSPS) is 18.2. The Balaban J connectivity index is 1.63. The van der Waals surface area contributed by atoms with Crippen LogP contribution >= 0.6 is 23.1 Å². The van der Waals surface area contributed by atoms with Gasteiger partial charge in [0.2, 0.25) is 0 Å². The van der Waals surface area contributed by atoms with E-state index in [2.05, 4.69) is 10.3 Å². The largest absolute Gasteiger partial charge is 0.298 e. The third-order valence-corrected chi connectivity index (χ3v) is 6.48. The zero-order valence-corrected chi connectivity index (χ0v) is 16.3. The summed E-state index contributed by atoms with van der Waals surface area (Å²) in [5.74, 6) is 0.448. The van der Waals surface area contributed by atoms with Crippen LogP contribution in [0.5, 0.6) is 0 Å². The molecule has 1 fully saturated rings. The van der Waals surface area contributed by atoms with Crippen molar-refractivity contribution in [3.8, 4) is 0 Å². The predicted molar refractivity (Wildman–Crippen MR) is 105 cm³/mol. The topological polar surface area (TPSA) is 37.4 Å². The molecule has 1 aromatic carbocycles. The second kappa shape index (κ2) is 8.30. The van der Waals surface area contributed by atoms with Crippen molar-refractivity contribution in [3.05, 3.63) is 51.7 Å². The lowest BCUT2D eigenvalue weighted by Crippen LogP contribution is -2.38. The first-order chi connectivity index (χ1) is 12.1. The van der Waals surface area contributed by atoms with Crippen LogP contribution in [0.15, 0.2) is 40.6 Å². The highest BCUT2D eigenvalue weighted by Crippen LogP contribution is 2.25. The average molecular weight is 374 g/mol. The maximum atomic E-state index is 12.8. The minimum Gasteiger partial charge on any atom is -0.298 e. The molecular weight excluding hydrogens is 350 g/mol. The predicted octanol–water partition coefficient (Wildman–Crippen LogP) is 4.77. The third-order valence-electron chi connectivity index (χ3n) is 4.66. The van der Waals surface area contributed by atoms with Gasteiger partial charge in [-0.05, 0) is 61.7 Å². The number of likely N-dealkylation sites (tertiary alicyclic amines) is 1.